The van der Waals surface area contributed by atoms with Crippen molar-refractivity contribution >= 4 is 45.7 Å². The van der Waals surface area contributed by atoms with Crippen molar-refractivity contribution in [2.24, 2.45) is 0 Å². The van der Waals surface area contributed by atoms with E-state index in [0.717, 1.165) is 5.39 Å². The molecule has 0 saturated carbocycles. The van der Waals surface area contributed by atoms with Gasteiger partial charge in [-0.05, 0) is 17.5 Å². The number of fused-ring (bicyclic) bond motifs is 1. The number of nitrogens with two attached hydrogens (primary N) is 1. The Bertz CT molecular complexity index is 519. The molecule has 14 heavy (non-hydrogen) atoms. The molecule has 2 aromatic rings. The third-order valence-corrected chi connectivity index (χ3v) is 3.31. The molecule has 1 aromatic carbocycles. The first-order chi connectivity index (χ1) is 6.61. The zero-order valence-electron chi connectivity index (χ0n) is 7.02. The molecule has 3 nitrogen and oxygen atoms in total. The minimum absolute atomic E-state index is 0.259. The Kier molecular flexibility index (Phi) is 2.13. The van der Waals surface area contributed by atoms with Crippen molar-refractivity contribution in [3.8, 4) is 0 Å². The molecule has 0 amide bonds. The molecule has 72 valence electrons. The van der Waals surface area contributed by atoms with Crippen LogP contribution in [0.5, 0.6) is 0 Å². The van der Waals surface area contributed by atoms with Crippen LogP contribution in [-0.4, -0.2) is 11.1 Å². The third-order valence-electron chi connectivity index (χ3n) is 1.99. The second kappa shape index (κ2) is 3.18. The maximum absolute atomic E-state index is 10.9. The first kappa shape index (κ1) is 9.36. The Morgan fingerprint density at radius 2 is 2.29 bits per heavy atom. The van der Waals surface area contributed by atoms with Crippen LogP contribution in [0.2, 0.25) is 0 Å². The van der Waals surface area contributed by atoms with Gasteiger partial charge in [-0.3, -0.25) is 0 Å². The number of rotatable bonds is 1. The summed E-state index contributed by atoms with van der Waals surface area (Å²) in [6.45, 7) is 0. The number of carboxylic acid groups (broad SMARTS) is 1. The quantitative estimate of drug-likeness (QED) is 0.516. The van der Waals surface area contributed by atoms with Gasteiger partial charge in [0.05, 0.1) is 16.0 Å². The van der Waals surface area contributed by atoms with Crippen LogP contribution >= 0.6 is 24.0 Å². The number of nitrogen functional groups attached to an aromatic ring is 1. The lowest BCUT2D eigenvalue weighted by Crippen LogP contribution is -1.98. The Hall–Kier alpha value is -1.20. The molecule has 0 spiro atoms. The molecule has 0 aliphatic heterocycles. The van der Waals surface area contributed by atoms with Crippen LogP contribution < -0.4 is 5.73 Å². The average Bonchev–Trinajstić information content (AvgIpc) is 2.59. The summed E-state index contributed by atoms with van der Waals surface area (Å²) < 4.78 is 0.702. The molecule has 0 atom stereocenters. The largest absolute Gasteiger partial charge is 0.478 e. The summed E-state index contributed by atoms with van der Waals surface area (Å²) in [5, 5.41) is 11.5. The molecule has 0 aliphatic rings. The van der Waals surface area contributed by atoms with Gasteiger partial charge in [0.25, 0.3) is 0 Å². The van der Waals surface area contributed by atoms with Gasteiger partial charge in [0.1, 0.15) is 0 Å². The van der Waals surface area contributed by atoms with E-state index in [0.29, 0.717) is 15.3 Å². The highest BCUT2D eigenvalue weighted by atomic mass is 32.1. The second-order valence-electron chi connectivity index (χ2n) is 2.83. The van der Waals surface area contributed by atoms with E-state index in [-0.39, 0.29) is 5.56 Å². The lowest BCUT2D eigenvalue weighted by Gasteiger charge is -2.03. The van der Waals surface area contributed by atoms with Crippen molar-refractivity contribution < 1.29 is 9.90 Å². The average molecular weight is 225 g/mol. The SMILES string of the molecule is Nc1c(S)cc(C(=O)O)c2sccc12. The van der Waals surface area contributed by atoms with Gasteiger partial charge in [0.2, 0.25) is 0 Å². The van der Waals surface area contributed by atoms with Gasteiger partial charge in [-0.15, -0.1) is 24.0 Å². The van der Waals surface area contributed by atoms with Crippen molar-refractivity contribution in [1.82, 2.24) is 0 Å². The number of aromatic carboxylic acids is 1. The number of hydrogen-bond donors (Lipinski definition) is 3. The van der Waals surface area contributed by atoms with Crippen molar-refractivity contribution in [1.29, 1.82) is 0 Å². The standard InChI is InChI=1S/C9H7NO2S2/c10-7-4-1-2-14-8(4)5(9(11)12)3-6(7)13/h1-3,13H,10H2,(H,11,12). The number of anilines is 1. The first-order valence-corrected chi connectivity index (χ1v) is 5.16. The number of thiol groups is 1. The number of hydrogen-bond acceptors (Lipinski definition) is 4. The Labute approximate surface area is 89.6 Å². The van der Waals surface area contributed by atoms with E-state index in [2.05, 4.69) is 12.6 Å². The van der Waals surface area contributed by atoms with Gasteiger partial charge in [-0.25, -0.2) is 4.79 Å². The molecular weight excluding hydrogens is 218 g/mol. The van der Waals surface area contributed by atoms with Gasteiger partial charge < -0.3 is 10.8 Å². The van der Waals surface area contributed by atoms with E-state index in [1.807, 2.05) is 11.4 Å². The van der Waals surface area contributed by atoms with Gasteiger partial charge >= 0.3 is 5.97 Å². The Morgan fingerprint density at radius 1 is 1.57 bits per heavy atom. The van der Waals surface area contributed by atoms with Gasteiger partial charge in [0, 0.05) is 10.3 Å². The van der Waals surface area contributed by atoms with Gasteiger partial charge in [-0.1, -0.05) is 0 Å². The normalized spacial score (nSPS) is 10.6. The highest BCUT2D eigenvalue weighted by Gasteiger charge is 2.13. The van der Waals surface area contributed by atoms with E-state index in [1.165, 1.54) is 17.4 Å². The van der Waals surface area contributed by atoms with Crippen LogP contribution in [0.4, 0.5) is 5.69 Å². The molecule has 3 N–H and O–H groups in total. The molecule has 0 aliphatic carbocycles. The maximum Gasteiger partial charge on any atom is 0.337 e. The summed E-state index contributed by atoms with van der Waals surface area (Å²) in [7, 11) is 0. The first-order valence-electron chi connectivity index (χ1n) is 3.83. The summed E-state index contributed by atoms with van der Waals surface area (Å²) in [4.78, 5) is 11.4. The molecular formula is C9H7NO2S2. The molecule has 1 aromatic heterocycles. The fourth-order valence-electron chi connectivity index (χ4n) is 1.31. The zero-order valence-corrected chi connectivity index (χ0v) is 8.73. The molecule has 0 radical (unpaired) electrons. The van der Waals surface area contributed by atoms with Crippen molar-refractivity contribution in [3.05, 3.63) is 23.1 Å². The van der Waals surface area contributed by atoms with E-state index in [9.17, 15) is 4.79 Å². The molecule has 0 unspecified atom stereocenters. The minimum Gasteiger partial charge on any atom is -0.478 e. The summed E-state index contributed by atoms with van der Waals surface area (Å²) >= 11 is 5.50. The Balaban J connectivity index is 2.91. The molecule has 2 rings (SSSR count). The minimum atomic E-state index is -0.951. The predicted octanol–water partition coefficient (Wildman–Crippen LogP) is 2.47. The van der Waals surface area contributed by atoms with E-state index >= 15 is 0 Å². The highest BCUT2D eigenvalue weighted by molar-refractivity contribution is 7.80. The van der Waals surface area contributed by atoms with Crippen LogP contribution in [0.15, 0.2) is 22.4 Å². The van der Waals surface area contributed by atoms with E-state index in [4.69, 9.17) is 10.8 Å². The summed E-state index contributed by atoms with van der Waals surface area (Å²) in [5.41, 5.74) is 6.56. The zero-order chi connectivity index (χ0) is 10.3. The van der Waals surface area contributed by atoms with Crippen LogP contribution in [0.25, 0.3) is 10.1 Å². The number of carboxylic acids is 1. The second-order valence-corrected chi connectivity index (χ2v) is 4.22. The van der Waals surface area contributed by atoms with Crippen LogP contribution in [-0.2, 0) is 0 Å². The molecule has 0 bridgehead atoms. The van der Waals surface area contributed by atoms with E-state index < -0.39 is 5.97 Å². The smallest absolute Gasteiger partial charge is 0.337 e. The molecule has 1 heterocycles. The monoisotopic (exact) mass is 225 g/mol. The molecule has 5 heteroatoms. The lowest BCUT2D eigenvalue weighted by molar-refractivity contribution is 0.0699. The fraction of sp³-hybridized carbons (Fsp3) is 0. The van der Waals surface area contributed by atoms with Crippen molar-refractivity contribution in [3.63, 3.8) is 0 Å². The fourth-order valence-corrected chi connectivity index (χ4v) is 2.47. The van der Waals surface area contributed by atoms with Gasteiger partial charge in [-0.2, -0.15) is 0 Å². The molecule has 0 saturated heterocycles. The maximum atomic E-state index is 10.9. The van der Waals surface area contributed by atoms with Crippen molar-refractivity contribution in [2.45, 2.75) is 4.90 Å². The van der Waals surface area contributed by atoms with Crippen LogP contribution in [0.3, 0.4) is 0 Å². The van der Waals surface area contributed by atoms with Crippen LogP contribution in [0.1, 0.15) is 10.4 Å². The third kappa shape index (κ3) is 1.25. The predicted molar refractivity (Wildman–Crippen MR) is 60.4 cm³/mol. The number of carbonyl (C=O) groups is 1. The van der Waals surface area contributed by atoms with Crippen LogP contribution in [0, 0.1) is 0 Å². The Morgan fingerprint density at radius 3 is 2.93 bits per heavy atom. The van der Waals surface area contributed by atoms with E-state index in [1.54, 1.807) is 0 Å². The number of thiophene rings is 1. The summed E-state index contributed by atoms with van der Waals surface area (Å²) in [6.07, 6.45) is 0. The topological polar surface area (TPSA) is 63.3 Å². The summed E-state index contributed by atoms with van der Waals surface area (Å²) in [6, 6.07) is 3.29. The van der Waals surface area contributed by atoms with Crippen molar-refractivity contribution in [2.75, 3.05) is 5.73 Å². The van der Waals surface area contributed by atoms with Gasteiger partial charge in [0.15, 0.2) is 0 Å². The molecule has 0 fully saturated rings. The highest BCUT2D eigenvalue weighted by Crippen LogP contribution is 2.34. The lowest BCUT2D eigenvalue weighted by atomic mass is 10.1. The number of benzene rings is 1. The summed E-state index contributed by atoms with van der Waals surface area (Å²) in [5.74, 6) is -0.951.